The topological polar surface area (TPSA) is 58.6 Å². The molecule has 4 nitrogen and oxygen atoms in total. The van der Waals surface area contributed by atoms with Gasteiger partial charge in [0.15, 0.2) is 6.61 Å². The highest BCUT2D eigenvalue weighted by Gasteiger charge is 2.07. The normalized spacial score (nSPS) is 12.0. The number of aryl methyl sites for hydroxylation is 1. The summed E-state index contributed by atoms with van der Waals surface area (Å²) in [5.74, 6) is 0.572. The summed E-state index contributed by atoms with van der Waals surface area (Å²) in [5, 5.41) is 12.3. The van der Waals surface area contributed by atoms with Crippen LogP contribution in [0, 0.1) is 6.92 Å². The maximum atomic E-state index is 11.5. The molecule has 0 aliphatic carbocycles. The maximum Gasteiger partial charge on any atom is 0.257 e. The van der Waals surface area contributed by atoms with Crippen molar-refractivity contribution in [1.29, 1.82) is 0 Å². The third kappa shape index (κ3) is 5.30. The summed E-state index contributed by atoms with van der Waals surface area (Å²) < 4.78 is 5.47. The molecule has 19 heavy (non-hydrogen) atoms. The fourth-order valence-electron chi connectivity index (χ4n) is 1.69. The number of carbonyl (C=O) groups excluding carboxylic acids is 1. The van der Waals surface area contributed by atoms with Gasteiger partial charge in [0.2, 0.25) is 0 Å². The number of amides is 1. The van der Waals surface area contributed by atoms with E-state index in [1.165, 1.54) is 0 Å². The smallest absolute Gasteiger partial charge is 0.257 e. The van der Waals surface area contributed by atoms with Crippen LogP contribution in [0.2, 0.25) is 0 Å². The second-order valence-electron chi connectivity index (χ2n) is 4.69. The van der Waals surface area contributed by atoms with Gasteiger partial charge in [-0.1, -0.05) is 19.4 Å². The lowest BCUT2D eigenvalue weighted by atomic mass is 10.1. The summed E-state index contributed by atoms with van der Waals surface area (Å²) in [5.41, 5.74) is 1.76. The predicted octanol–water partition coefficient (Wildman–Crippen LogP) is 2.34. The van der Waals surface area contributed by atoms with Crippen LogP contribution in [-0.2, 0) is 4.79 Å². The zero-order chi connectivity index (χ0) is 14.3. The van der Waals surface area contributed by atoms with Crippen LogP contribution in [0.4, 0.5) is 0 Å². The van der Waals surface area contributed by atoms with Crippen molar-refractivity contribution in [2.24, 2.45) is 0 Å². The van der Waals surface area contributed by atoms with Crippen LogP contribution in [0.25, 0.3) is 0 Å². The van der Waals surface area contributed by atoms with Crippen molar-refractivity contribution < 1.29 is 14.6 Å². The van der Waals surface area contributed by atoms with Crippen LogP contribution in [-0.4, -0.2) is 24.2 Å². The Labute approximate surface area is 114 Å². The number of benzene rings is 1. The number of aliphatic hydroxyl groups is 1. The Balaban J connectivity index is 2.47. The van der Waals surface area contributed by atoms with E-state index in [0.717, 1.165) is 24.0 Å². The number of hydrogen-bond acceptors (Lipinski definition) is 3. The van der Waals surface area contributed by atoms with Gasteiger partial charge in [-0.15, -0.1) is 0 Å². The van der Waals surface area contributed by atoms with Gasteiger partial charge >= 0.3 is 0 Å². The molecule has 1 atom stereocenters. The molecule has 1 aromatic rings. The molecule has 0 fully saturated rings. The zero-order valence-corrected chi connectivity index (χ0v) is 11.9. The van der Waals surface area contributed by atoms with Crippen molar-refractivity contribution in [3.8, 4) is 5.75 Å². The number of hydrogen-bond donors (Lipinski definition) is 2. The van der Waals surface area contributed by atoms with E-state index in [1.54, 1.807) is 13.0 Å². The summed E-state index contributed by atoms with van der Waals surface area (Å²) in [6.07, 6.45) is 1.54. The van der Waals surface area contributed by atoms with Crippen LogP contribution in [0.5, 0.6) is 5.75 Å². The monoisotopic (exact) mass is 265 g/mol. The summed E-state index contributed by atoms with van der Waals surface area (Å²) >= 11 is 0. The molecule has 106 valence electrons. The molecule has 2 N–H and O–H groups in total. The molecule has 4 heteroatoms. The first-order valence-electron chi connectivity index (χ1n) is 6.72. The first kappa shape index (κ1) is 15.5. The largest absolute Gasteiger partial charge is 0.484 e. The summed E-state index contributed by atoms with van der Waals surface area (Å²) in [6.45, 7) is 6.42. The van der Waals surface area contributed by atoms with Crippen molar-refractivity contribution in [3.05, 3.63) is 29.3 Å². The van der Waals surface area contributed by atoms with E-state index < -0.39 is 6.10 Å². The Kier molecular flexibility index (Phi) is 6.36. The van der Waals surface area contributed by atoms with E-state index in [2.05, 4.69) is 12.2 Å². The van der Waals surface area contributed by atoms with Crippen LogP contribution in [0.1, 0.15) is 43.9 Å². The Bertz CT molecular complexity index is 416. The van der Waals surface area contributed by atoms with Crippen LogP contribution in [0.3, 0.4) is 0 Å². The average molecular weight is 265 g/mol. The molecular weight excluding hydrogens is 242 g/mol. The van der Waals surface area contributed by atoms with Crippen LogP contribution in [0.15, 0.2) is 18.2 Å². The molecule has 1 unspecified atom stereocenters. The van der Waals surface area contributed by atoms with E-state index >= 15 is 0 Å². The van der Waals surface area contributed by atoms with Gasteiger partial charge in [0.05, 0.1) is 6.10 Å². The minimum Gasteiger partial charge on any atom is -0.484 e. The predicted molar refractivity (Wildman–Crippen MR) is 75.2 cm³/mol. The molecule has 0 radical (unpaired) electrons. The first-order chi connectivity index (χ1) is 9.04. The maximum absolute atomic E-state index is 11.5. The highest BCUT2D eigenvalue weighted by Crippen LogP contribution is 2.22. The number of aliphatic hydroxyl groups excluding tert-OH is 1. The average Bonchev–Trinajstić information content (AvgIpc) is 2.37. The molecule has 0 bridgehead atoms. The van der Waals surface area contributed by atoms with E-state index in [1.807, 2.05) is 19.1 Å². The Hall–Kier alpha value is -1.55. The van der Waals surface area contributed by atoms with Crippen LogP contribution >= 0.6 is 0 Å². The molecular formula is C15H23NO3. The molecule has 1 rings (SSSR count). The fraction of sp³-hybridized carbons (Fsp3) is 0.533. The van der Waals surface area contributed by atoms with E-state index in [-0.39, 0.29) is 12.5 Å². The van der Waals surface area contributed by atoms with Gasteiger partial charge in [0.25, 0.3) is 5.91 Å². The Morgan fingerprint density at radius 2 is 2.21 bits per heavy atom. The van der Waals surface area contributed by atoms with Gasteiger partial charge in [-0.05, 0) is 43.5 Å². The zero-order valence-electron chi connectivity index (χ0n) is 11.9. The Morgan fingerprint density at radius 1 is 1.47 bits per heavy atom. The van der Waals surface area contributed by atoms with Gasteiger partial charge in [-0.2, -0.15) is 0 Å². The lowest BCUT2D eigenvalue weighted by molar-refractivity contribution is -0.123. The van der Waals surface area contributed by atoms with E-state index in [4.69, 9.17) is 4.74 Å². The molecule has 0 aromatic heterocycles. The van der Waals surface area contributed by atoms with Gasteiger partial charge in [0.1, 0.15) is 5.75 Å². The lowest BCUT2D eigenvalue weighted by Gasteiger charge is -2.12. The lowest BCUT2D eigenvalue weighted by Crippen LogP contribution is -2.29. The second-order valence-corrected chi connectivity index (χ2v) is 4.69. The number of nitrogens with one attached hydrogen (secondary N) is 1. The van der Waals surface area contributed by atoms with Crippen molar-refractivity contribution in [2.75, 3.05) is 13.2 Å². The summed E-state index contributed by atoms with van der Waals surface area (Å²) in [4.78, 5) is 11.5. The summed E-state index contributed by atoms with van der Waals surface area (Å²) in [6, 6.07) is 5.47. The highest BCUT2D eigenvalue weighted by molar-refractivity contribution is 5.77. The molecule has 0 heterocycles. The SMILES string of the molecule is CCCCNC(=O)COc1ccc(C(C)O)cc1C. The van der Waals surface area contributed by atoms with Gasteiger partial charge in [-0.25, -0.2) is 0 Å². The minimum absolute atomic E-state index is 0.0264. The number of unbranched alkanes of at least 4 members (excludes halogenated alkanes) is 1. The molecule has 0 aliphatic rings. The van der Waals surface area contributed by atoms with Crippen molar-refractivity contribution in [3.63, 3.8) is 0 Å². The third-order valence-corrected chi connectivity index (χ3v) is 2.89. The minimum atomic E-state index is -0.495. The van der Waals surface area contributed by atoms with E-state index in [9.17, 15) is 9.90 Å². The molecule has 1 amide bonds. The van der Waals surface area contributed by atoms with Crippen molar-refractivity contribution in [2.45, 2.75) is 39.7 Å². The van der Waals surface area contributed by atoms with Gasteiger partial charge in [0, 0.05) is 6.54 Å². The molecule has 0 spiro atoms. The van der Waals surface area contributed by atoms with Crippen molar-refractivity contribution >= 4 is 5.91 Å². The summed E-state index contributed by atoms with van der Waals surface area (Å²) in [7, 11) is 0. The number of carbonyl (C=O) groups is 1. The third-order valence-electron chi connectivity index (χ3n) is 2.89. The van der Waals surface area contributed by atoms with Gasteiger partial charge in [-0.3, -0.25) is 4.79 Å². The fourth-order valence-corrected chi connectivity index (χ4v) is 1.69. The molecule has 0 aliphatic heterocycles. The Morgan fingerprint density at radius 3 is 2.79 bits per heavy atom. The quantitative estimate of drug-likeness (QED) is 0.744. The second kappa shape index (κ2) is 7.79. The van der Waals surface area contributed by atoms with E-state index in [0.29, 0.717) is 12.3 Å². The van der Waals surface area contributed by atoms with Crippen molar-refractivity contribution in [1.82, 2.24) is 5.32 Å². The molecule has 0 saturated heterocycles. The first-order valence-corrected chi connectivity index (χ1v) is 6.72. The highest BCUT2D eigenvalue weighted by atomic mass is 16.5. The van der Waals surface area contributed by atoms with Gasteiger partial charge < -0.3 is 15.2 Å². The van der Waals surface area contributed by atoms with Crippen LogP contribution < -0.4 is 10.1 Å². The molecule has 0 saturated carbocycles. The number of ether oxygens (including phenoxy) is 1. The number of rotatable bonds is 7. The molecule has 1 aromatic carbocycles. The standard InChI is InChI=1S/C15H23NO3/c1-4-5-8-16-15(18)10-19-14-7-6-13(12(3)17)9-11(14)2/h6-7,9,12,17H,4-5,8,10H2,1-3H3,(H,16,18).